The number of carbonyl (C=O) groups excluding carboxylic acids is 1. The van der Waals surface area contributed by atoms with E-state index in [9.17, 15) is 4.79 Å². The van der Waals surface area contributed by atoms with Crippen molar-refractivity contribution in [3.63, 3.8) is 0 Å². The fraction of sp³-hybridized carbons (Fsp3) is 0.875. The second-order valence-corrected chi connectivity index (χ2v) is 6.85. The lowest BCUT2D eigenvalue weighted by Gasteiger charge is -2.33. The van der Waals surface area contributed by atoms with E-state index in [2.05, 4.69) is 10.3 Å². The van der Waals surface area contributed by atoms with Crippen LogP contribution in [-0.4, -0.2) is 48.7 Å². The number of amides is 1. The average molecular weight is 440 g/mol. The highest BCUT2D eigenvalue weighted by Gasteiger charge is 2.28. The first-order valence-electron chi connectivity index (χ1n) is 8.29. The van der Waals surface area contributed by atoms with Crippen LogP contribution in [0.4, 0.5) is 4.79 Å². The maximum atomic E-state index is 12.5. The first-order chi connectivity index (χ1) is 10.3. The van der Waals surface area contributed by atoms with Gasteiger partial charge in [0.25, 0.3) is 0 Å². The van der Waals surface area contributed by atoms with Crippen LogP contribution in [0.5, 0.6) is 0 Å². The van der Waals surface area contributed by atoms with Gasteiger partial charge >= 0.3 is 6.09 Å². The van der Waals surface area contributed by atoms with E-state index in [1.165, 1.54) is 25.7 Å². The summed E-state index contributed by atoms with van der Waals surface area (Å²) in [5.41, 5.74) is 5.17. The van der Waals surface area contributed by atoms with E-state index in [1.54, 1.807) is 7.05 Å². The van der Waals surface area contributed by atoms with Gasteiger partial charge in [-0.2, -0.15) is 0 Å². The third-order valence-corrected chi connectivity index (χ3v) is 3.79. The highest BCUT2D eigenvalue weighted by atomic mass is 127. The summed E-state index contributed by atoms with van der Waals surface area (Å²) in [6, 6.07) is 0.263. The van der Waals surface area contributed by atoms with Crippen molar-refractivity contribution in [2.24, 2.45) is 10.7 Å². The summed E-state index contributed by atoms with van der Waals surface area (Å²) in [7, 11) is 1.64. The molecule has 1 fully saturated rings. The number of halogens is 1. The molecule has 6 nitrogen and oxygen atoms in total. The number of nitrogens with two attached hydrogens (primary N) is 1. The number of carbonyl (C=O) groups is 1. The van der Waals surface area contributed by atoms with Crippen molar-refractivity contribution in [1.82, 2.24) is 10.2 Å². The number of rotatable bonds is 4. The molecule has 1 aliphatic rings. The fourth-order valence-corrected chi connectivity index (χ4v) is 2.70. The summed E-state index contributed by atoms with van der Waals surface area (Å²) in [5, 5.41) is 3.01. The zero-order valence-corrected chi connectivity index (χ0v) is 17.3. The van der Waals surface area contributed by atoms with Gasteiger partial charge in [0.2, 0.25) is 0 Å². The minimum atomic E-state index is -0.475. The van der Waals surface area contributed by atoms with Crippen LogP contribution in [0.3, 0.4) is 0 Å². The topological polar surface area (TPSA) is 80.0 Å². The van der Waals surface area contributed by atoms with Gasteiger partial charge in [0.15, 0.2) is 5.96 Å². The third-order valence-electron chi connectivity index (χ3n) is 3.79. The monoisotopic (exact) mass is 440 g/mol. The Morgan fingerprint density at radius 1 is 1.26 bits per heavy atom. The lowest BCUT2D eigenvalue weighted by atomic mass is 10.1. The standard InChI is InChI=1S/C16H32N4O2.HI/c1-16(2,3)22-15(21)20(12-11-19-14(17)18-4)13-9-7-5-6-8-10-13;/h13H,5-12H2,1-4H3,(H3,17,18,19);1H. The summed E-state index contributed by atoms with van der Waals surface area (Å²) in [6.07, 6.45) is 6.74. The summed E-state index contributed by atoms with van der Waals surface area (Å²) < 4.78 is 5.58. The SMILES string of the molecule is CN=C(N)NCCN(C(=O)OC(C)(C)C)C1CCCCCC1.I. The van der Waals surface area contributed by atoms with Gasteiger partial charge in [-0.15, -0.1) is 24.0 Å². The molecule has 1 rings (SSSR count). The van der Waals surface area contributed by atoms with Crippen LogP contribution in [0.25, 0.3) is 0 Å². The minimum absolute atomic E-state index is 0. The third kappa shape index (κ3) is 9.22. The van der Waals surface area contributed by atoms with Crippen molar-refractivity contribution in [2.75, 3.05) is 20.1 Å². The van der Waals surface area contributed by atoms with Gasteiger partial charge in [-0.1, -0.05) is 25.7 Å². The van der Waals surface area contributed by atoms with Crippen LogP contribution in [0.1, 0.15) is 59.3 Å². The van der Waals surface area contributed by atoms with Gasteiger partial charge in [0.05, 0.1) is 0 Å². The van der Waals surface area contributed by atoms with Crippen LogP contribution in [0.15, 0.2) is 4.99 Å². The van der Waals surface area contributed by atoms with E-state index < -0.39 is 5.60 Å². The zero-order valence-electron chi connectivity index (χ0n) is 14.9. The summed E-state index contributed by atoms with van der Waals surface area (Å²) in [6.45, 7) is 6.86. The molecule has 0 unspecified atom stereocenters. The van der Waals surface area contributed by atoms with E-state index in [1.807, 2.05) is 25.7 Å². The molecule has 23 heavy (non-hydrogen) atoms. The highest BCUT2D eigenvalue weighted by Crippen LogP contribution is 2.23. The summed E-state index contributed by atoms with van der Waals surface area (Å²) >= 11 is 0. The molecule has 0 bridgehead atoms. The molecule has 0 atom stereocenters. The van der Waals surface area contributed by atoms with Crippen molar-refractivity contribution in [2.45, 2.75) is 70.9 Å². The molecule has 0 spiro atoms. The predicted octanol–water partition coefficient (Wildman–Crippen LogP) is 3.10. The van der Waals surface area contributed by atoms with Crippen LogP contribution >= 0.6 is 24.0 Å². The van der Waals surface area contributed by atoms with Crippen molar-refractivity contribution < 1.29 is 9.53 Å². The predicted molar refractivity (Wildman–Crippen MR) is 105 cm³/mol. The molecule has 136 valence electrons. The molecule has 1 amide bonds. The van der Waals surface area contributed by atoms with Crippen molar-refractivity contribution in [1.29, 1.82) is 0 Å². The summed E-state index contributed by atoms with van der Waals surface area (Å²) in [4.78, 5) is 18.3. The smallest absolute Gasteiger partial charge is 0.410 e. The Morgan fingerprint density at radius 2 is 1.83 bits per heavy atom. The Labute approximate surface area is 157 Å². The van der Waals surface area contributed by atoms with Crippen LogP contribution in [-0.2, 0) is 4.74 Å². The minimum Gasteiger partial charge on any atom is -0.444 e. The Bertz CT molecular complexity index is 375. The van der Waals surface area contributed by atoms with E-state index in [0.29, 0.717) is 19.0 Å². The Kier molecular flexibility index (Phi) is 10.6. The number of nitrogens with zero attached hydrogens (tertiary/aromatic N) is 2. The highest BCUT2D eigenvalue weighted by molar-refractivity contribution is 14.0. The van der Waals surface area contributed by atoms with Gasteiger partial charge in [-0.3, -0.25) is 4.99 Å². The number of aliphatic imine (C=N–C) groups is 1. The second kappa shape index (κ2) is 10.9. The van der Waals surface area contributed by atoms with Crippen molar-refractivity contribution >= 4 is 36.0 Å². The molecule has 0 aliphatic heterocycles. The van der Waals surface area contributed by atoms with Gasteiger partial charge in [-0.05, 0) is 33.6 Å². The van der Waals surface area contributed by atoms with Crippen molar-refractivity contribution in [3.05, 3.63) is 0 Å². The molecule has 0 aromatic heterocycles. The first kappa shape index (κ1) is 22.3. The van der Waals surface area contributed by atoms with E-state index >= 15 is 0 Å². The maximum absolute atomic E-state index is 12.5. The average Bonchev–Trinajstić information content (AvgIpc) is 2.70. The molecule has 1 aliphatic carbocycles. The quantitative estimate of drug-likeness (QED) is 0.305. The van der Waals surface area contributed by atoms with Gasteiger partial charge in [-0.25, -0.2) is 4.79 Å². The van der Waals surface area contributed by atoms with Gasteiger partial charge in [0.1, 0.15) is 5.60 Å². The molecule has 0 saturated heterocycles. The number of nitrogens with one attached hydrogen (secondary N) is 1. The first-order valence-corrected chi connectivity index (χ1v) is 8.29. The summed E-state index contributed by atoms with van der Waals surface area (Å²) in [5.74, 6) is 0.394. The molecule has 7 heteroatoms. The largest absolute Gasteiger partial charge is 0.444 e. The molecule has 0 aromatic rings. The van der Waals surface area contributed by atoms with E-state index in [-0.39, 0.29) is 36.1 Å². The van der Waals surface area contributed by atoms with E-state index in [4.69, 9.17) is 10.5 Å². The second-order valence-electron chi connectivity index (χ2n) is 6.85. The fourth-order valence-electron chi connectivity index (χ4n) is 2.70. The number of guanidine groups is 1. The molecule has 3 N–H and O–H groups in total. The molecular weight excluding hydrogens is 407 g/mol. The lowest BCUT2D eigenvalue weighted by molar-refractivity contribution is 0.0149. The van der Waals surface area contributed by atoms with Crippen LogP contribution in [0.2, 0.25) is 0 Å². The van der Waals surface area contributed by atoms with Gasteiger partial charge in [0, 0.05) is 26.2 Å². The number of hydrogen-bond acceptors (Lipinski definition) is 3. The zero-order chi connectivity index (χ0) is 16.6. The Hall–Kier alpha value is -0.730. The normalized spacial score (nSPS) is 17.0. The van der Waals surface area contributed by atoms with Crippen LogP contribution < -0.4 is 11.1 Å². The number of hydrogen-bond donors (Lipinski definition) is 2. The molecular formula is C16H33IN4O2. The molecule has 0 aromatic carbocycles. The van der Waals surface area contributed by atoms with Gasteiger partial charge < -0.3 is 20.7 Å². The molecule has 0 radical (unpaired) electrons. The lowest BCUT2D eigenvalue weighted by Crippen LogP contribution is -2.47. The maximum Gasteiger partial charge on any atom is 0.410 e. The van der Waals surface area contributed by atoms with Crippen molar-refractivity contribution in [3.8, 4) is 0 Å². The molecule has 0 heterocycles. The molecule has 1 saturated carbocycles. The Morgan fingerprint density at radius 3 is 2.30 bits per heavy atom. The van der Waals surface area contributed by atoms with Crippen LogP contribution in [0, 0.1) is 0 Å². The number of ether oxygens (including phenoxy) is 1. The van der Waals surface area contributed by atoms with E-state index in [0.717, 1.165) is 12.8 Å². The Balaban J connectivity index is 0.00000484.